The first-order chi connectivity index (χ1) is 43.6. The topological polar surface area (TPSA) is 64.3 Å². The number of carboxylic acids is 1. The lowest BCUT2D eigenvalue weighted by molar-refractivity contribution is -0.132. The molecule has 5 aromatic carbocycles. The number of aliphatic carboxylic acids is 1. The molecule has 0 radical (unpaired) electrons. The molecule has 0 saturated carbocycles. The number of rotatable bonds is 35. The minimum absolute atomic E-state index is 0.0355. The van der Waals surface area contributed by atoms with E-state index in [1.165, 1.54) is 211 Å². The molecule has 8 aromatic rings. The SMILES string of the molecule is CCCCCCc1cc(-c2sc(-c3sc(/C=C(\C#N)C(=O)O)cc3CCCCCC)cc2CCCCCC)sc1-c1ccc(N(c2ccc3c(c2)C(CCCC)(CCCC)c2ccccc2-3)c2ccc3c(c2)C(CCCC)(CCCC)c2ccccc2-3)cc1. The Bertz CT molecular complexity index is 3590. The van der Waals surface area contributed by atoms with E-state index in [9.17, 15) is 15.2 Å². The number of nitrogens with zero attached hydrogens (tertiary/aromatic N) is 2. The molecule has 0 bridgehead atoms. The van der Waals surface area contributed by atoms with Gasteiger partial charge in [-0.2, -0.15) is 5.26 Å². The first-order valence-electron chi connectivity index (χ1n) is 34.7. The molecule has 3 heterocycles. The molecule has 7 heteroatoms. The zero-order chi connectivity index (χ0) is 62.3. The van der Waals surface area contributed by atoms with Gasteiger partial charge in [0.1, 0.15) is 11.6 Å². The van der Waals surface area contributed by atoms with E-state index < -0.39 is 5.97 Å². The molecular formula is C82H98N2O2S3. The van der Waals surface area contributed by atoms with Crippen LogP contribution in [-0.4, -0.2) is 11.1 Å². The molecule has 0 fully saturated rings. The maximum Gasteiger partial charge on any atom is 0.346 e. The van der Waals surface area contributed by atoms with E-state index in [1.807, 2.05) is 28.7 Å². The van der Waals surface area contributed by atoms with Gasteiger partial charge < -0.3 is 10.0 Å². The van der Waals surface area contributed by atoms with Crippen molar-refractivity contribution in [3.05, 3.63) is 177 Å². The van der Waals surface area contributed by atoms with Crippen molar-refractivity contribution >= 4 is 63.1 Å². The number of thiophene rings is 3. The van der Waals surface area contributed by atoms with Crippen molar-refractivity contribution in [1.82, 2.24) is 0 Å². The molecule has 0 unspecified atom stereocenters. The normalized spacial score (nSPS) is 13.5. The largest absolute Gasteiger partial charge is 0.477 e. The van der Waals surface area contributed by atoms with Crippen molar-refractivity contribution in [2.45, 2.75) is 233 Å². The van der Waals surface area contributed by atoms with Crippen molar-refractivity contribution in [3.63, 3.8) is 0 Å². The summed E-state index contributed by atoms with van der Waals surface area (Å²) in [6, 6.07) is 52.6. The number of carbonyl (C=O) groups is 1. The summed E-state index contributed by atoms with van der Waals surface area (Å²) in [5.41, 5.74) is 20.4. The van der Waals surface area contributed by atoms with E-state index in [0.29, 0.717) is 0 Å². The second-order valence-electron chi connectivity index (χ2n) is 25.9. The second-order valence-corrected chi connectivity index (χ2v) is 29.0. The Morgan fingerprint density at radius 1 is 0.438 bits per heavy atom. The minimum atomic E-state index is -1.18. The molecule has 0 atom stereocenters. The summed E-state index contributed by atoms with van der Waals surface area (Å²) < 4.78 is 0. The van der Waals surface area contributed by atoms with Gasteiger partial charge in [-0.15, -0.1) is 34.0 Å². The van der Waals surface area contributed by atoms with Crippen LogP contribution in [0.4, 0.5) is 17.1 Å². The van der Waals surface area contributed by atoms with Gasteiger partial charge in [-0.1, -0.05) is 230 Å². The molecule has 1 N–H and O–H groups in total. The molecule has 0 aliphatic heterocycles. The fraction of sp³-hybridized carbons (Fsp3) is 0.439. The molecule has 4 nitrogen and oxygen atoms in total. The zero-order valence-corrected chi connectivity index (χ0v) is 57.2. The van der Waals surface area contributed by atoms with E-state index in [4.69, 9.17) is 0 Å². The van der Waals surface area contributed by atoms with Crippen molar-refractivity contribution in [3.8, 4) is 58.3 Å². The molecule has 0 spiro atoms. The van der Waals surface area contributed by atoms with Gasteiger partial charge in [0, 0.05) is 57.2 Å². The van der Waals surface area contributed by atoms with Crippen LogP contribution in [0.15, 0.2) is 133 Å². The maximum absolute atomic E-state index is 12.1. The van der Waals surface area contributed by atoms with E-state index in [1.54, 1.807) is 17.4 Å². The van der Waals surface area contributed by atoms with Gasteiger partial charge in [-0.25, -0.2) is 4.79 Å². The Kier molecular flexibility index (Phi) is 23.0. The number of unbranched alkanes of at least 4 members (excludes halogenated alkanes) is 13. The average molecular weight is 1240 g/mol. The summed E-state index contributed by atoms with van der Waals surface area (Å²) in [7, 11) is 0. The number of hydrogen-bond acceptors (Lipinski definition) is 6. The summed E-state index contributed by atoms with van der Waals surface area (Å²) in [6.07, 6.45) is 32.9. The van der Waals surface area contributed by atoms with Crippen LogP contribution in [0.5, 0.6) is 0 Å². The van der Waals surface area contributed by atoms with Crippen LogP contribution in [0.2, 0.25) is 0 Å². The monoisotopic (exact) mass is 1240 g/mol. The number of anilines is 3. The molecular weight excluding hydrogens is 1140 g/mol. The number of hydrogen-bond donors (Lipinski definition) is 1. The van der Waals surface area contributed by atoms with Crippen molar-refractivity contribution in [1.29, 1.82) is 5.26 Å². The lowest BCUT2D eigenvalue weighted by Gasteiger charge is -2.35. The Balaban J connectivity index is 1.11. The third-order valence-electron chi connectivity index (χ3n) is 19.7. The number of fused-ring (bicyclic) bond motifs is 6. The van der Waals surface area contributed by atoms with Gasteiger partial charge in [0.2, 0.25) is 0 Å². The Morgan fingerprint density at radius 3 is 1.27 bits per heavy atom. The average Bonchev–Trinajstić information content (AvgIpc) is 1.59. The zero-order valence-electron chi connectivity index (χ0n) is 54.8. The standard InChI is InChI=1S/C82H98N2O2S3/c1-8-15-22-25-32-59-51-66(52-62(57-83)80(85)86)87-78(59)75-54-61(34-27-24-17-10-3)79(89-75)76-53-60(33-26-23-16-9-2)77(88-76)58-39-41-63(42-40-58)84(64-43-45-69-67-35-28-30-37-71(67)81(47-18-11-4,48-19-12-5)73(69)55-64)65-44-46-70-68-36-29-31-38-72(68)82(49-20-13-6,50-21-14-7)74(70)56-65/h28-31,35-46,51-56H,8-27,32-34,47-50H2,1-7H3,(H,85,86)/b62-52+. The molecule has 0 amide bonds. The lowest BCUT2D eigenvalue weighted by atomic mass is 9.70. The lowest BCUT2D eigenvalue weighted by Crippen LogP contribution is -2.26. The van der Waals surface area contributed by atoms with Gasteiger partial charge in [0.05, 0.1) is 0 Å². The van der Waals surface area contributed by atoms with Crippen LogP contribution < -0.4 is 4.90 Å². The second kappa shape index (κ2) is 31.1. The summed E-state index contributed by atoms with van der Waals surface area (Å²) in [6.45, 7) is 16.3. The van der Waals surface area contributed by atoms with E-state index in [2.05, 4.69) is 181 Å². The number of aryl methyl sites for hydroxylation is 3. The summed E-state index contributed by atoms with van der Waals surface area (Å²) in [5, 5.41) is 19.7. The van der Waals surface area contributed by atoms with Gasteiger partial charge in [0.15, 0.2) is 0 Å². The number of nitriles is 1. The number of benzene rings is 5. The maximum atomic E-state index is 12.1. The van der Waals surface area contributed by atoms with Crippen LogP contribution in [0.25, 0.3) is 58.3 Å². The first-order valence-corrected chi connectivity index (χ1v) is 37.2. The van der Waals surface area contributed by atoms with Crippen LogP contribution >= 0.6 is 34.0 Å². The highest BCUT2D eigenvalue weighted by atomic mass is 32.1. The first kappa shape index (κ1) is 65.6. The molecule has 89 heavy (non-hydrogen) atoms. The fourth-order valence-corrected chi connectivity index (χ4v) is 18.8. The molecule has 466 valence electrons. The highest BCUT2D eigenvalue weighted by Crippen LogP contribution is 2.58. The van der Waals surface area contributed by atoms with Crippen molar-refractivity contribution in [2.24, 2.45) is 0 Å². The smallest absolute Gasteiger partial charge is 0.346 e. The summed E-state index contributed by atoms with van der Waals surface area (Å²) >= 11 is 5.54. The predicted octanol–water partition coefficient (Wildman–Crippen LogP) is 26.0. The predicted molar refractivity (Wildman–Crippen MR) is 386 cm³/mol. The van der Waals surface area contributed by atoms with Crippen LogP contribution in [0.3, 0.4) is 0 Å². The Hall–Kier alpha value is -6.30. The van der Waals surface area contributed by atoms with Crippen LogP contribution in [0, 0.1) is 11.3 Å². The molecule has 0 saturated heterocycles. The third kappa shape index (κ3) is 14.1. The highest BCUT2D eigenvalue weighted by Gasteiger charge is 2.44. The molecule has 3 aromatic heterocycles. The third-order valence-corrected chi connectivity index (χ3v) is 23.6. The fourth-order valence-electron chi connectivity index (χ4n) is 14.9. The van der Waals surface area contributed by atoms with Gasteiger partial charge in [0.25, 0.3) is 0 Å². The number of carboxylic acid groups (broad SMARTS) is 1. The van der Waals surface area contributed by atoms with E-state index >= 15 is 0 Å². The quantitative estimate of drug-likeness (QED) is 0.0244. The van der Waals surface area contributed by atoms with E-state index in [-0.39, 0.29) is 16.4 Å². The Labute approximate surface area is 547 Å². The van der Waals surface area contributed by atoms with Gasteiger partial charge in [-0.05, 0) is 192 Å². The Morgan fingerprint density at radius 2 is 0.831 bits per heavy atom. The molecule has 2 aliphatic carbocycles. The van der Waals surface area contributed by atoms with Gasteiger partial charge in [-0.3, -0.25) is 0 Å². The molecule has 10 rings (SSSR count). The minimum Gasteiger partial charge on any atom is -0.477 e. The van der Waals surface area contributed by atoms with Crippen LogP contribution in [0.1, 0.15) is 246 Å². The van der Waals surface area contributed by atoms with Crippen molar-refractivity contribution < 1.29 is 9.90 Å². The van der Waals surface area contributed by atoms with Crippen molar-refractivity contribution in [2.75, 3.05) is 4.90 Å². The summed E-state index contributed by atoms with van der Waals surface area (Å²) in [4.78, 5) is 22.1. The summed E-state index contributed by atoms with van der Waals surface area (Å²) in [5.74, 6) is -1.18. The highest BCUT2D eigenvalue weighted by molar-refractivity contribution is 7.27. The molecule has 2 aliphatic rings. The van der Waals surface area contributed by atoms with E-state index in [0.717, 1.165) is 75.5 Å². The van der Waals surface area contributed by atoms with Crippen LogP contribution in [-0.2, 0) is 34.9 Å². The van der Waals surface area contributed by atoms with Gasteiger partial charge >= 0.3 is 5.97 Å².